The smallest absolute Gasteiger partial charge is 1.00 e. The van der Waals surface area contributed by atoms with Gasteiger partial charge in [0.2, 0.25) is 0 Å². The quantitative estimate of drug-likeness (QED) is 0.0492. The third-order valence-electron chi connectivity index (χ3n) is 44.7. The van der Waals surface area contributed by atoms with E-state index in [1.54, 1.807) is 6.08 Å². The van der Waals surface area contributed by atoms with Crippen molar-refractivity contribution in [2.24, 2.45) is 190 Å². The number of rotatable bonds is 5. The third kappa shape index (κ3) is 16.5. The van der Waals surface area contributed by atoms with Crippen LogP contribution in [0.4, 0.5) is 13.2 Å². The monoisotopic (exact) mass is 1910 g/mol. The molecule has 21 nitrogen and oxygen atoms in total. The number of fused-ring (bicyclic) bond motifs is 24. The summed E-state index contributed by atoms with van der Waals surface area (Å²) in [5, 5.41) is 20.1. The number of methoxy groups -OCH3 is 1. The van der Waals surface area contributed by atoms with Crippen molar-refractivity contribution in [3.63, 3.8) is 0 Å². The number of aldehydes is 1. The molecule has 134 heavy (non-hydrogen) atoms. The van der Waals surface area contributed by atoms with Gasteiger partial charge in [-0.2, -0.15) is 21.6 Å². The van der Waals surface area contributed by atoms with Crippen LogP contribution in [0.3, 0.4) is 0 Å². The van der Waals surface area contributed by atoms with E-state index in [0.29, 0.717) is 149 Å². The third-order valence-corrected chi connectivity index (χ3v) is 45.7. The first-order chi connectivity index (χ1) is 62.3. The molecule has 0 aromatic rings. The Kier molecular flexibility index (Phi) is 29.1. The van der Waals surface area contributed by atoms with Crippen molar-refractivity contribution >= 4 is 54.5 Å². The van der Waals surface area contributed by atoms with Gasteiger partial charge in [0.25, 0.3) is 0 Å². The van der Waals surface area contributed by atoms with Crippen molar-refractivity contribution in [2.45, 2.75) is 350 Å². The minimum atomic E-state index is -5.71. The topological polar surface area (TPSA) is 279 Å². The Bertz CT molecular complexity index is 4430. The molecule has 0 aromatic heterocycles. The Labute approximate surface area is 822 Å². The van der Waals surface area contributed by atoms with Crippen molar-refractivity contribution in [2.75, 3.05) is 66.6 Å². The summed E-state index contributed by atoms with van der Waals surface area (Å²) in [5.41, 5.74) is -4.71. The molecule has 27 heteroatoms. The van der Waals surface area contributed by atoms with E-state index in [9.17, 15) is 60.6 Å². The van der Waals surface area contributed by atoms with Gasteiger partial charge in [-0.25, -0.2) is 0 Å². The first-order valence-corrected chi connectivity index (χ1v) is 53.8. The average molecular weight is 1910 g/mol. The standard InChI is InChI=1S/C23H33F3O5S.C23H36O5.C22H34O4.C20H30O3.C19H28O4.B.Na.H/c1-14-4-7-20(2)16-5-8-21(3)17(6-9-22(21)29-10-11-30-22)15(16)13-19(18(20)12-14)31-32(27,28)23(24,25)26;1-15-5-8-21(2,19(13-15)20(25)26-4)17-6-9-22(3)18(16(17)14-24)7-10-23(22)27-11-12-28-23;1-14-4-7-20(2)16-5-8-21(3)17(6-9-22(21)25-10-11-26-22)15(16)13-24-19(23)18(20)12-14;1-12-4-5-15-14-11-23-18(22)17-10-13(21)6-8-20(17,3)16(14)7-9-19(12,15)2;1-18-7-5-11(20)9-15(18)17(22)23-10-12-13-3-4-16(21)19(13,2)8-6-14(12)18;;;/h13-18H,4-12H2,1-3H3;14-19H,5-13H2,1-4H3;14-18H,4-13H2,1-3H3;13-17,21H,1,4-11H2,2-3H3;11-15,20H,3-10H2,1-2H3;;;/q;;;;;;+1;-1/t14-,15+,16-,17-,18+,20+,21-;15-,16+,17-,18-,19+,21+,22-;14-,15+,16-,17-,18+,20+,21-;13-,14-,15-,16-,17+,19+,20+;11-,12-,13-,14-,15+,18+,19-;;;/m00000.../s1. The number of hydrogen-bond donors (Lipinski definition) is 2. The van der Waals surface area contributed by atoms with Crippen molar-refractivity contribution in [3.05, 3.63) is 24.0 Å². The van der Waals surface area contributed by atoms with Crippen molar-refractivity contribution in [1.29, 1.82) is 0 Å². The molecule has 3 spiro atoms. The Morgan fingerprint density at radius 1 is 0.448 bits per heavy atom. The molecule has 21 fully saturated rings. The van der Waals surface area contributed by atoms with Gasteiger partial charge in [-0.3, -0.25) is 24.0 Å². The normalized spacial score (nSPS) is 49.3. The van der Waals surface area contributed by atoms with Crippen LogP contribution in [0.25, 0.3) is 0 Å². The number of ether oxygens (including phenoxy) is 10. The summed E-state index contributed by atoms with van der Waals surface area (Å²) in [6, 6.07) is 0. The second kappa shape index (κ2) is 37.5. The average Bonchev–Trinajstić information content (AvgIpc) is 1.54. The summed E-state index contributed by atoms with van der Waals surface area (Å²) >= 11 is 0. The van der Waals surface area contributed by atoms with Gasteiger partial charge < -0.3 is 68.0 Å². The zero-order chi connectivity index (χ0) is 94.3. The number of aliphatic hydroxyl groups excluding tert-OH is 2. The SMILES string of the molecule is C=C1CC[C@H]2[C@@H]3COC(=O)[C@H]4C[C@@H](O)CC[C@]4(C)[C@H]3CC[C@]12C.COC(=O)[C@H]1C[C@@H](C)CC[C@]1(C)[C@H]1CC[C@@]2(C)[C@@H](CCC23OCCO3)[C@@H]1C=O.C[C@H]1CC[C@@]2(C)[C@H](C1)C(=O)OC[C@@H]1[C@@H]2CC[C@@]2(C)[C@H]1CCC21OCCO1.C[C@H]1CC[C@@]2(C)[C@H](C1)C(OS(=O)(=O)C(F)(F)F)=C[C@@H]1[C@@H]2CC[C@@]2(C)[C@H]1CCC21OCCO1.C[C@]12CC[C@H](O)C[C@@H]1C(=O)OC[C@@H]1[C@@H]2CC[C@]2(C)C(=O)CC[C@@H]12.[B].[H-].[Na+]. The number of alkyl halides is 3. The largest absolute Gasteiger partial charge is 1.00 e. The molecule has 35 atom stereocenters. The Balaban J connectivity index is 0.000000128. The zero-order valence-electron chi connectivity index (χ0n) is 84.7. The first kappa shape index (κ1) is 104. The second-order valence-corrected chi connectivity index (χ2v) is 51.5. The number of carbonyl (C=O) groups excluding carboxylic acids is 6. The summed E-state index contributed by atoms with van der Waals surface area (Å²) in [6.45, 7) is 39.2. The predicted octanol–water partition coefficient (Wildman–Crippen LogP) is 16.7. The molecule has 6 saturated heterocycles. The van der Waals surface area contributed by atoms with E-state index in [4.69, 9.17) is 51.6 Å². The summed E-state index contributed by atoms with van der Waals surface area (Å²) in [6.07, 6.45) is 35.9. The number of esters is 4. The summed E-state index contributed by atoms with van der Waals surface area (Å²) < 4.78 is 128. The number of carbonyl (C=O) groups is 6. The summed E-state index contributed by atoms with van der Waals surface area (Å²) in [4.78, 5) is 75.7. The van der Waals surface area contributed by atoms with E-state index >= 15 is 0 Å². The molecule has 22 aliphatic rings. The van der Waals surface area contributed by atoms with Crippen LogP contribution >= 0.6 is 0 Å². The van der Waals surface area contributed by atoms with Crippen LogP contribution in [-0.4, -0.2) is 165 Å². The molecule has 747 valence electrons. The molecule has 0 aromatic carbocycles. The van der Waals surface area contributed by atoms with Crippen molar-refractivity contribution in [3.8, 4) is 0 Å². The predicted molar refractivity (Wildman–Crippen MR) is 492 cm³/mol. The number of allylic oxidation sites excluding steroid dienone is 3. The van der Waals surface area contributed by atoms with Crippen molar-refractivity contribution in [1.82, 2.24) is 0 Å². The number of halogens is 3. The fourth-order valence-electron chi connectivity index (χ4n) is 36.6. The Morgan fingerprint density at radius 3 is 1.29 bits per heavy atom. The summed E-state index contributed by atoms with van der Waals surface area (Å²) in [7, 11) is -4.21. The maximum absolute atomic E-state index is 13.2. The molecule has 2 N–H and O–H groups in total. The van der Waals surface area contributed by atoms with Crippen LogP contribution in [-0.2, 0) is 90.4 Å². The van der Waals surface area contributed by atoms with E-state index in [2.05, 4.69) is 96.6 Å². The van der Waals surface area contributed by atoms with E-state index in [-0.39, 0.29) is 206 Å². The molecule has 6 heterocycles. The Hall–Kier alpha value is -3.02. The molecular weight excluding hydrogens is 1740 g/mol. The van der Waals surface area contributed by atoms with Crippen LogP contribution in [0.5, 0.6) is 0 Å². The number of hydrogen-bond acceptors (Lipinski definition) is 21. The van der Waals surface area contributed by atoms with E-state index in [0.717, 1.165) is 174 Å². The van der Waals surface area contributed by atoms with Crippen LogP contribution in [0, 0.1) is 190 Å². The van der Waals surface area contributed by atoms with Crippen LogP contribution in [0.15, 0.2) is 24.0 Å². The van der Waals surface area contributed by atoms with Gasteiger partial charge in [0.05, 0.1) is 102 Å². The zero-order valence-corrected chi connectivity index (χ0v) is 86.5. The molecule has 0 amide bonds. The van der Waals surface area contributed by atoms with E-state index < -0.39 is 27.2 Å². The molecule has 15 saturated carbocycles. The second-order valence-electron chi connectivity index (χ2n) is 50.0. The molecule has 0 bridgehead atoms. The van der Waals surface area contributed by atoms with Gasteiger partial charge in [-0.05, 0) is 301 Å². The minimum Gasteiger partial charge on any atom is -1.00 e. The van der Waals surface area contributed by atoms with Gasteiger partial charge in [0.1, 0.15) is 17.8 Å². The van der Waals surface area contributed by atoms with Gasteiger partial charge in [-0.1, -0.05) is 121 Å². The van der Waals surface area contributed by atoms with Gasteiger partial charge in [-0.15, -0.1) is 0 Å². The van der Waals surface area contributed by atoms with Crippen molar-refractivity contribution < 1.29 is 143 Å². The van der Waals surface area contributed by atoms with E-state index in [1.807, 2.05) is 0 Å². The molecule has 3 radical (unpaired) electrons. The molecule has 16 aliphatic carbocycles. The fourth-order valence-corrected chi connectivity index (χ4v) is 37.1. The maximum atomic E-state index is 13.2. The molecule has 6 aliphatic heterocycles. The van der Waals surface area contributed by atoms with Gasteiger partial charge >= 0.3 is 69.1 Å². The number of aliphatic hydroxyl groups is 2. The van der Waals surface area contributed by atoms with Crippen LogP contribution in [0.1, 0.15) is 316 Å². The summed E-state index contributed by atoms with van der Waals surface area (Å²) in [5.74, 6) is 4.76. The van der Waals surface area contributed by atoms with Crippen LogP contribution in [0.2, 0.25) is 0 Å². The van der Waals surface area contributed by atoms with Crippen LogP contribution < -0.4 is 29.6 Å². The van der Waals surface area contributed by atoms with Gasteiger partial charge in [0, 0.05) is 85.3 Å². The molecule has 22 rings (SSSR count). The minimum absolute atomic E-state index is 0. The first-order valence-electron chi connectivity index (χ1n) is 52.4. The molecular formula is C107H162BF3NaO21S. The fraction of sp³-hybridized carbons (Fsp3) is 0.907. The number of Topliss-reactive ketones (excluding diaryl/α,β-unsaturated/α-hetero) is 1. The maximum Gasteiger partial charge on any atom is 1.00 e. The number of cyclic esters (lactones) is 3. The van der Waals surface area contributed by atoms with Gasteiger partial charge in [0.15, 0.2) is 17.4 Å². The van der Waals surface area contributed by atoms with E-state index in [1.165, 1.54) is 57.5 Å². The Morgan fingerprint density at radius 2 is 0.813 bits per heavy atom. The molecule has 0 unspecified atom stereocenters. The number of ketones is 1.